The van der Waals surface area contributed by atoms with Crippen LogP contribution in [0.2, 0.25) is 0 Å². The maximum absolute atomic E-state index is 13.6. The molecule has 1 heterocycles. The van der Waals surface area contributed by atoms with Gasteiger partial charge in [-0.15, -0.1) is 11.6 Å². The Bertz CT molecular complexity index is 2030. The summed E-state index contributed by atoms with van der Waals surface area (Å²) in [7, 11) is 0. The lowest BCUT2D eigenvalue weighted by Gasteiger charge is -2.19. The molecule has 2 aliphatic rings. The molecule has 234 valence electrons. The van der Waals surface area contributed by atoms with Crippen molar-refractivity contribution in [3.8, 4) is 11.1 Å². The zero-order valence-electron chi connectivity index (χ0n) is 25.7. The van der Waals surface area contributed by atoms with Crippen LogP contribution in [0.1, 0.15) is 41.0 Å². The lowest BCUT2D eigenvalue weighted by atomic mass is 9.95. The highest BCUT2D eigenvalue weighted by atomic mass is 35.5. The number of rotatable bonds is 7. The lowest BCUT2D eigenvalue weighted by molar-refractivity contribution is -0.115. The van der Waals surface area contributed by atoms with E-state index in [0.29, 0.717) is 29.5 Å². The van der Waals surface area contributed by atoms with Crippen molar-refractivity contribution < 1.29 is 19.1 Å². The molecule has 5 aromatic rings. The predicted octanol–water partition coefficient (Wildman–Crippen LogP) is 8.54. The molecule has 0 bridgehead atoms. The summed E-state index contributed by atoms with van der Waals surface area (Å²) in [6.07, 6.45) is 2.67. The van der Waals surface area contributed by atoms with Crippen LogP contribution in [-0.2, 0) is 14.3 Å². The van der Waals surface area contributed by atoms with Crippen molar-refractivity contribution in [3.63, 3.8) is 0 Å². The van der Waals surface area contributed by atoms with Crippen molar-refractivity contribution in [2.75, 3.05) is 34.6 Å². The number of halogens is 1. The second-order valence-corrected chi connectivity index (χ2v) is 12.1. The van der Waals surface area contributed by atoms with Gasteiger partial charge in [0.05, 0.1) is 11.4 Å². The van der Waals surface area contributed by atoms with Crippen LogP contribution in [0.15, 0.2) is 109 Å². The van der Waals surface area contributed by atoms with E-state index >= 15 is 0 Å². The van der Waals surface area contributed by atoms with E-state index in [2.05, 4.69) is 34.9 Å². The molecule has 5 aromatic carbocycles. The minimum atomic E-state index is -0.569. The molecule has 0 spiro atoms. The standard InChI is InChI=1S/C39H32ClN3O4/c1-24(44)41-27-10-8-9-25(19-27)17-18-37(45)43-22-26(21-40)38-33-16-7-6-15-32(33)35(20-36(38)43)42-39(46)47-23-34-30-13-4-2-11-28(30)29-12-3-5-14-31(29)34/h2-20,26,34H,21-23H2,1H3,(H,41,44)(H,42,46)/b18-17+. The van der Waals surface area contributed by atoms with E-state index in [-0.39, 0.29) is 30.3 Å². The fourth-order valence-electron chi connectivity index (χ4n) is 6.81. The number of nitrogens with zero attached hydrogens (tertiary/aromatic N) is 1. The van der Waals surface area contributed by atoms with E-state index in [1.54, 1.807) is 23.1 Å². The SMILES string of the molecule is CC(=O)Nc1cccc(/C=C/C(=O)N2CC(CCl)c3c2cc(NC(=O)OCC2c4ccccc4-c4ccccc42)c2ccccc32)c1. The van der Waals surface area contributed by atoms with Crippen LogP contribution in [0.5, 0.6) is 0 Å². The van der Waals surface area contributed by atoms with E-state index in [1.165, 1.54) is 13.0 Å². The topological polar surface area (TPSA) is 87.7 Å². The average molecular weight is 642 g/mol. The van der Waals surface area contributed by atoms with Gasteiger partial charge in [-0.25, -0.2) is 4.79 Å². The van der Waals surface area contributed by atoms with Gasteiger partial charge in [-0.3, -0.25) is 14.9 Å². The smallest absolute Gasteiger partial charge is 0.411 e. The van der Waals surface area contributed by atoms with Gasteiger partial charge in [0.25, 0.3) is 5.91 Å². The number of alkyl halides is 1. The van der Waals surface area contributed by atoms with Gasteiger partial charge < -0.3 is 15.0 Å². The first-order chi connectivity index (χ1) is 22.9. The second-order valence-electron chi connectivity index (χ2n) is 11.8. The molecule has 0 saturated carbocycles. The molecule has 0 fully saturated rings. The number of fused-ring (bicyclic) bond motifs is 6. The fourth-order valence-corrected chi connectivity index (χ4v) is 7.06. The first-order valence-electron chi connectivity index (χ1n) is 15.5. The van der Waals surface area contributed by atoms with Gasteiger partial charge in [0.1, 0.15) is 6.61 Å². The van der Waals surface area contributed by atoms with E-state index in [1.807, 2.05) is 66.7 Å². The van der Waals surface area contributed by atoms with E-state index in [9.17, 15) is 14.4 Å². The quantitative estimate of drug-likeness (QED) is 0.138. The zero-order valence-corrected chi connectivity index (χ0v) is 26.5. The summed E-state index contributed by atoms with van der Waals surface area (Å²) >= 11 is 6.46. The van der Waals surface area contributed by atoms with Gasteiger partial charge in [0.2, 0.25) is 5.91 Å². The normalized spacial score (nSPS) is 14.9. The number of nitrogens with one attached hydrogen (secondary N) is 2. The summed E-state index contributed by atoms with van der Waals surface area (Å²) in [4.78, 5) is 40.2. The number of hydrogen-bond donors (Lipinski definition) is 2. The van der Waals surface area contributed by atoms with Crippen molar-refractivity contribution in [2.24, 2.45) is 0 Å². The maximum Gasteiger partial charge on any atom is 0.411 e. The van der Waals surface area contributed by atoms with Gasteiger partial charge in [0, 0.05) is 48.3 Å². The number of benzene rings is 5. The van der Waals surface area contributed by atoms with Gasteiger partial charge >= 0.3 is 6.09 Å². The second kappa shape index (κ2) is 12.8. The molecular formula is C39H32ClN3O4. The van der Waals surface area contributed by atoms with E-state index in [0.717, 1.165) is 44.2 Å². The number of anilines is 3. The zero-order chi connectivity index (χ0) is 32.5. The Kier molecular flexibility index (Phi) is 8.23. The highest BCUT2D eigenvalue weighted by Crippen LogP contribution is 2.46. The maximum atomic E-state index is 13.6. The van der Waals surface area contributed by atoms with Crippen LogP contribution in [0.3, 0.4) is 0 Å². The molecule has 1 atom stereocenters. The Labute approximate surface area is 277 Å². The Hall–Kier alpha value is -5.40. The fraction of sp³-hybridized carbons (Fsp3) is 0.154. The largest absolute Gasteiger partial charge is 0.448 e. The number of hydrogen-bond acceptors (Lipinski definition) is 4. The third kappa shape index (κ3) is 5.86. The number of carbonyl (C=O) groups is 3. The van der Waals surface area contributed by atoms with Crippen LogP contribution in [0.25, 0.3) is 28.0 Å². The predicted molar refractivity (Wildman–Crippen MR) is 188 cm³/mol. The van der Waals surface area contributed by atoms with Crippen LogP contribution in [-0.4, -0.2) is 36.9 Å². The summed E-state index contributed by atoms with van der Waals surface area (Å²) in [5.41, 5.74) is 8.25. The summed E-state index contributed by atoms with van der Waals surface area (Å²) in [6.45, 7) is 2.05. The van der Waals surface area contributed by atoms with Gasteiger partial charge in [-0.05, 0) is 63.0 Å². The van der Waals surface area contributed by atoms with Crippen LogP contribution < -0.4 is 15.5 Å². The van der Waals surface area contributed by atoms with E-state index < -0.39 is 6.09 Å². The lowest BCUT2D eigenvalue weighted by Crippen LogP contribution is -2.28. The van der Waals surface area contributed by atoms with Crippen molar-refractivity contribution >= 4 is 63.4 Å². The minimum absolute atomic E-state index is 0.0618. The molecule has 1 aliphatic carbocycles. The Balaban J connectivity index is 1.15. The third-order valence-electron chi connectivity index (χ3n) is 8.82. The first-order valence-corrected chi connectivity index (χ1v) is 16.1. The van der Waals surface area contributed by atoms with Crippen molar-refractivity contribution in [1.82, 2.24) is 0 Å². The Morgan fingerprint density at radius 2 is 1.53 bits per heavy atom. The van der Waals surface area contributed by atoms with Crippen LogP contribution in [0.4, 0.5) is 21.9 Å². The molecule has 8 heteroatoms. The molecule has 0 aromatic heterocycles. The molecule has 0 radical (unpaired) electrons. The highest BCUT2D eigenvalue weighted by Gasteiger charge is 2.34. The molecular weight excluding hydrogens is 610 g/mol. The molecule has 7 rings (SSSR count). The highest BCUT2D eigenvalue weighted by molar-refractivity contribution is 6.19. The van der Waals surface area contributed by atoms with E-state index in [4.69, 9.17) is 16.3 Å². The molecule has 47 heavy (non-hydrogen) atoms. The molecule has 0 saturated heterocycles. The first kappa shape index (κ1) is 30.3. The third-order valence-corrected chi connectivity index (χ3v) is 9.20. The number of carbonyl (C=O) groups excluding carboxylic acids is 3. The summed E-state index contributed by atoms with van der Waals surface area (Å²) in [5.74, 6) is -0.194. The number of ether oxygens (including phenoxy) is 1. The van der Waals surface area contributed by atoms with Crippen LogP contribution >= 0.6 is 11.6 Å². The van der Waals surface area contributed by atoms with Crippen LogP contribution in [0, 0.1) is 0 Å². The minimum Gasteiger partial charge on any atom is -0.448 e. The summed E-state index contributed by atoms with van der Waals surface area (Å²) in [5, 5.41) is 7.50. The average Bonchev–Trinajstić information content (AvgIpc) is 3.62. The monoisotopic (exact) mass is 641 g/mol. The Morgan fingerprint density at radius 3 is 2.23 bits per heavy atom. The van der Waals surface area contributed by atoms with Gasteiger partial charge in [-0.2, -0.15) is 0 Å². The van der Waals surface area contributed by atoms with Crippen molar-refractivity contribution in [3.05, 3.63) is 131 Å². The van der Waals surface area contributed by atoms with Crippen molar-refractivity contribution in [1.29, 1.82) is 0 Å². The van der Waals surface area contributed by atoms with Gasteiger partial charge in [-0.1, -0.05) is 84.9 Å². The molecule has 3 amide bonds. The molecule has 1 aliphatic heterocycles. The number of amides is 3. The summed E-state index contributed by atoms with van der Waals surface area (Å²) in [6, 6.07) is 33.4. The van der Waals surface area contributed by atoms with Crippen molar-refractivity contribution in [2.45, 2.75) is 18.8 Å². The molecule has 1 unspecified atom stereocenters. The molecule has 2 N–H and O–H groups in total. The summed E-state index contributed by atoms with van der Waals surface area (Å²) < 4.78 is 5.86. The Morgan fingerprint density at radius 1 is 0.851 bits per heavy atom. The van der Waals surface area contributed by atoms with Gasteiger partial charge in [0.15, 0.2) is 0 Å². The molecule has 7 nitrogen and oxygen atoms in total.